The van der Waals surface area contributed by atoms with E-state index < -0.39 is 10.8 Å². The summed E-state index contributed by atoms with van der Waals surface area (Å²) in [4.78, 5) is 15.7. The van der Waals surface area contributed by atoms with E-state index in [-0.39, 0.29) is 11.9 Å². The van der Waals surface area contributed by atoms with Gasteiger partial charge in [0.25, 0.3) is 5.91 Å². The summed E-state index contributed by atoms with van der Waals surface area (Å²) >= 11 is 3.26. The number of carbonyl (C=O) groups is 1. The van der Waals surface area contributed by atoms with Gasteiger partial charge < -0.3 is 5.32 Å². The topological polar surface area (TPSA) is 59.1 Å². The Bertz CT molecular complexity index is 426. The minimum Gasteiger partial charge on any atom is -0.350 e. The summed E-state index contributed by atoms with van der Waals surface area (Å²) in [5.74, 6) is 0.436. The zero-order valence-electron chi connectivity index (χ0n) is 9.77. The Labute approximate surface area is 112 Å². The van der Waals surface area contributed by atoms with Crippen molar-refractivity contribution in [3.05, 3.63) is 28.5 Å². The number of halogens is 1. The molecule has 1 N–H and O–H groups in total. The van der Waals surface area contributed by atoms with Crippen LogP contribution in [0.25, 0.3) is 0 Å². The van der Waals surface area contributed by atoms with Crippen LogP contribution >= 0.6 is 15.9 Å². The van der Waals surface area contributed by atoms with Crippen molar-refractivity contribution in [1.82, 2.24) is 10.3 Å². The van der Waals surface area contributed by atoms with E-state index in [9.17, 15) is 9.00 Å². The summed E-state index contributed by atoms with van der Waals surface area (Å²) in [6.07, 6.45) is 5.51. The zero-order valence-corrected chi connectivity index (χ0v) is 12.2. The van der Waals surface area contributed by atoms with Crippen LogP contribution in [0.2, 0.25) is 0 Å². The van der Waals surface area contributed by atoms with Gasteiger partial charge in [-0.2, -0.15) is 0 Å². The molecule has 6 heteroatoms. The zero-order chi connectivity index (χ0) is 12.8. The Morgan fingerprint density at radius 1 is 1.59 bits per heavy atom. The summed E-state index contributed by atoms with van der Waals surface area (Å²) in [6.45, 7) is 1.90. The first kappa shape index (κ1) is 14.3. The van der Waals surface area contributed by atoms with Crippen LogP contribution in [0, 0.1) is 0 Å². The van der Waals surface area contributed by atoms with Crippen molar-refractivity contribution in [3.63, 3.8) is 0 Å². The molecule has 4 nitrogen and oxygen atoms in total. The molecule has 0 aliphatic rings. The second-order valence-corrected chi connectivity index (χ2v) is 6.30. The van der Waals surface area contributed by atoms with Gasteiger partial charge in [0.05, 0.1) is 5.56 Å². The molecule has 0 bridgehead atoms. The molecule has 17 heavy (non-hydrogen) atoms. The SMILES string of the molecule is CC(CCS(C)=O)NC(=O)c1cncc(Br)c1. The van der Waals surface area contributed by atoms with Crippen molar-refractivity contribution in [2.75, 3.05) is 12.0 Å². The number of rotatable bonds is 5. The van der Waals surface area contributed by atoms with E-state index in [4.69, 9.17) is 0 Å². The normalized spacial score (nSPS) is 14.1. The van der Waals surface area contributed by atoms with Crippen molar-refractivity contribution < 1.29 is 9.00 Å². The Morgan fingerprint density at radius 3 is 2.88 bits per heavy atom. The van der Waals surface area contributed by atoms with Crippen molar-refractivity contribution in [2.45, 2.75) is 19.4 Å². The highest BCUT2D eigenvalue weighted by molar-refractivity contribution is 9.10. The van der Waals surface area contributed by atoms with Gasteiger partial charge in [-0.15, -0.1) is 0 Å². The van der Waals surface area contributed by atoms with E-state index in [0.29, 0.717) is 17.7 Å². The van der Waals surface area contributed by atoms with Gasteiger partial charge in [0.1, 0.15) is 0 Å². The molecule has 1 aromatic heterocycles. The van der Waals surface area contributed by atoms with Gasteiger partial charge in [0, 0.05) is 45.7 Å². The molecule has 0 saturated heterocycles. The lowest BCUT2D eigenvalue weighted by Gasteiger charge is -2.12. The number of nitrogens with one attached hydrogen (secondary N) is 1. The molecule has 0 aliphatic heterocycles. The summed E-state index contributed by atoms with van der Waals surface area (Å²) in [5.41, 5.74) is 0.517. The molecule has 0 fully saturated rings. The van der Waals surface area contributed by atoms with Gasteiger partial charge in [-0.25, -0.2) is 0 Å². The Kier molecular flexibility index (Phi) is 5.77. The molecule has 94 valence electrons. The summed E-state index contributed by atoms with van der Waals surface area (Å²) in [7, 11) is -0.820. The van der Waals surface area contributed by atoms with Crippen molar-refractivity contribution >= 4 is 32.6 Å². The van der Waals surface area contributed by atoms with Gasteiger partial charge in [-0.1, -0.05) is 0 Å². The number of aromatic nitrogens is 1. The molecular weight excluding hydrogens is 304 g/mol. The number of carbonyl (C=O) groups excluding carboxylic acids is 1. The molecule has 1 rings (SSSR count). The number of amides is 1. The maximum Gasteiger partial charge on any atom is 0.253 e. The predicted octanol–water partition coefficient (Wildman–Crippen LogP) is 1.73. The third kappa shape index (κ3) is 5.41. The van der Waals surface area contributed by atoms with Crippen LogP contribution in [0.15, 0.2) is 22.9 Å². The van der Waals surface area contributed by atoms with Crippen LogP contribution in [0.1, 0.15) is 23.7 Å². The third-order valence-electron chi connectivity index (χ3n) is 2.18. The predicted molar refractivity (Wildman–Crippen MR) is 72.4 cm³/mol. The molecule has 0 aliphatic carbocycles. The average Bonchev–Trinajstić information content (AvgIpc) is 2.26. The minimum atomic E-state index is -0.820. The first-order valence-electron chi connectivity index (χ1n) is 5.20. The lowest BCUT2D eigenvalue weighted by atomic mass is 10.2. The molecule has 0 aromatic carbocycles. The summed E-state index contributed by atoms with van der Waals surface area (Å²) in [6, 6.07) is 1.72. The highest BCUT2D eigenvalue weighted by Gasteiger charge is 2.10. The fourth-order valence-corrected chi connectivity index (χ4v) is 2.31. The lowest BCUT2D eigenvalue weighted by molar-refractivity contribution is 0.0939. The summed E-state index contributed by atoms with van der Waals surface area (Å²) in [5, 5.41) is 2.84. The molecular formula is C11H15BrN2O2S. The largest absolute Gasteiger partial charge is 0.350 e. The molecule has 0 spiro atoms. The van der Waals surface area contributed by atoms with Crippen molar-refractivity contribution in [2.24, 2.45) is 0 Å². The second-order valence-electron chi connectivity index (χ2n) is 3.83. The standard InChI is InChI=1S/C11H15BrN2O2S/c1-8(3-4-17(2)16)14-11(15)9-5-10(12)7-13-6-9/h5-8H,3-4H2,1-2H3,(H,14,15). The average molecular weight is 319 g/mol. The smallest absolute Gasteiger partial charge is 0.253 e. The van der Waals surface area contributed by atoms with E-state index in [1.54, 1.807) is 18.5 Å². The third-order valence-corrected chi connectivity index (χ3v) is 3.43. The fraction of sp³-hybridized carbons (Fsp3) is 0.455. The monoisotopic (exact) mass is 318 g/mol. The number of pyridine rings is 1. The number of hydrogen-bond donors (Lipinski definition) is 1. The first-order chi connectivity index (χ1) is 7.99. The molecule has 1 heterocycles. The van der Waals surface area contributed by atoms with Crippen molar-refractivity contribution in [1.29, 1.82) is 0 Å². The second kappa shape index (κ2) is 6.86. The molecule has 0 saturated carbocycles. The molecule has 2 unspecified atom stereocenters. The molecule has 2 atom stereocenters. The maximum absolute atomic E-state index is 11.8. The van der Waals surface area contributed by atoms with E-state index in [1.165, 1.54) is 6.20 Å². The Balaban J connectivity index is 2.51. The van der Waals surface area contributed by atoms with Gasteiger partial charge in [-0.05, 0) is 35.3 Å². The Morgan fingerprint density at radius 2 is 2.29 bits per heavy atom. The molecule has 0 radical (unpaired) electrons. The van der Waals surface area contributed by atoms with E-state index in [2.05, 4.69) is 26.2 Å². The van der Waals surface area contributed by atoms with Crippen LogP contribution in [-0.2, 0) is 10.8 Å². The highest BCUT2D eigenvalue weighted by atomic mass is 79.9. The van der Waals surface area contributed by atoms with Gasteiger partial charge in [-0.3, -0.25) is 14.0 Å². The first-order valence-corrected chi connectivity index (χ1v) is 7.72. The maximum atomic E-state index is 11.8. The van der Waals surface area contributed by atoms with Gasteiger partial charge in [0.15, 0.2) is 0 Å². The minimum absolute atomic E-state index is 0.00498. The number of nitrogens with zero attached hydrogens (tertiary/aromatic N) is 1. The van der Waals surface area contributed by atoms with Crippen molar-refractivity contribution in [3.8, 4) is 0 Å². The van der Waals surface area contributed by atoms with Crippen LogP contribution in [-0.4, -0.2) is 33.2 Å². The van der Waals surface area contributed by atoms with Crippen LogP contribution in [0.5, 0.6) is 0 Å². The van der Waals surface area contributed by atoms with E-state index in [1.807, 2.05) is 6.92 Å². The van der Waals surface area contributed by atoms with Gasteiger partial charge in [0.2, 0.25) is 0 Å². The van der Waals surface area contributed by atoms with Gasteiger partial charge >= 0.3 is 0 Å². The van der Waals surface area contributed by atoms with E-state index >= 15 is 0 Å². The summed E-state index contributed by atoms with van der Waals surface area (Å²) < 4.78 is 11.7. The molecule has 1 amide bonds. The Hall–Kier alpha value is -0.750. The molecule has 1 aromatic rings. The van der Waals surface area contributed by atoms with E-state index in [0.717, 1.165) is 4.47 Å². The van der Waals surface area contributed by atoms with Crippen LogP contribution in [0.3, 0.4) is 0 Å². The quantitative estimate of drug-likeness (QED) is 0.899. The highest BCUT2D eigenvalue weighted by Crippen LogP contribution is 2.09. The fourth-order valence-electron chi connectivity index (χ4n) is 1.26. The van der Waals surface area contributed by atoms with Crippen LogP contribution < -0.4 is 5.32 Å². The number of hydrogen-bond acceptors (Lipinski definition) is 3. The lowest BCUT2D eigenvalue weighted by Crippen LogP contribution is -2.33. The van der Waals surface area contributed by atoms with Crippen LogP contribution in [0.4, 0.5) is 0 Å².